The van der Waals surface area contributed by atoms with Gasteiger partial charge in [-0.15, -0.1) is 0 Å². The molecule has 0 heterocycles. The Morgan fingerprint density at radius 2 is 1.64 bits per heavy atom. The van der Waals surface area contributed by atoms with Crippen molar-refractivity contribution in [1.82, 2.24) is 0 Å². The summed E-state index contributed by atoms with van der Waals surface area (Å²) in [7, 11) is -0.589. The molecule has 0 saturated heterocycles. The van der Waals surface area contributed by atoms with Gasteiger partial charge in [0.25, 0.3) is 0 Å². The third-order valence-corrected chi connectivity index (χ3v) is 5.17. The van der Waals surface area contributed by atoms with Gasteiger partial charge in [-0.1, -0.05) is 0 Å². The fourth-order valence-corrected chi connectivity index (χ4v) is 2.78. The lowest BCUT2D eigenvalue weighted by molar-refractivity contribution is 0.425. The molecule has 0 aromatic carbocycles. The second-order valence-electron chi connectivity index (χ2n) is 2.79. The van der Waals surface area contributed by atoms with Gasteiger partial charge in [0.2, 0.25) is 9.76 Å². The maximum Gasteiger partial charge on any atom is 0.411 e. The molecule has 0 bridgehead atoms. The van der Waals surface area contributed by atoms with Gasteiger partial charge in [0, 0.05) is 0 Å². The first kappa shape index (κ1) is 11.7. The summed E-state index contributed by atoms with van der Waals surface area (Å²) >= 11 is 0. The monoisotopic (exact) mass is 220 g/mol. The molecule has 11 heavy (non-hydrogen) atoms. The Hall–Kier alpha value is 0.748. The second kappa shape index (κ2) is 6.28. The van der Waals surface area contributed by atoms with Crippen LogP contribution in [0, 0.1) is 0 Å². The molecule has 0 aromatic rings. The van der Waals surface area contributed by atoms with Crippen molar-refractivity contribution < 1.29 is 12.3 Å². The van der Waals surface area contributed by atoms with E-state index in [1.165, 1.54) is 0 Å². The molecule has 6 radical (unpaired) electrons. The molecule has 0 aromatic heterocycles. The van der Waals surface area contributed by atoms with Crippen molar-refractivity contribution in [3.63, 3.8) is 0 Å². The van der Waals surface area contributed by atoms with Gasteiger partial charge in [-0.25, -0.2) is 0 Å². The van der Waals surface area contributed by atoms with Crippen LogP contribution in [-0.2, 0) is 12.3 Å². The first-order chi connectivity index (χ1) is 5.06. The summed E-state index contributed by atoms with van der Waals surface area (Å²) in [5.41, 5.74) is 0. The van der Waals surface area contributed by atoms with Crippen LogP contribution in [0.3, 0.4) is 0 Å². The molecule has 0 aliphatic carbocycles. The van der Waals surface area contributed by atoms with Crippen molar-refractivity contribution in [2.24, 2.45) is 0 Å². The maximum absolute atomic E-state index is 5.45. The molecular weight excluding hydrogens is 208 g/mol. The van der Waals surface area contributed by atoms with E-state index in [2.05, 4.69) is 19.6 Å². The van der Waals surface area contributed by atoms with Crippen molar-refractivity contribution in [1.29, 1.82) is 0 Å². The second-order valence-corrected chi connectivity index (χ2v) is 10.2. The predicted molar refractivity (Wildman–Crippen MR) is 49.7 cm³/mol. The lowest BCUT2D eigenvalue weighted by Crippen LogP contribution is -2.29. The summed E-state index contributed by atoms with van der Waals surface area (Å²) in [5, 5.41) is 0. The molecular formula is C4H12O3Si4. The Labute approximate surface area is 77.0 Å². The molecule has 0 aliphatic heterocycles. The highest BCUT2D eigenvalue weighted by Crippen LogP contribution is 1.99. The SMILES string of the molecule is C[Si]O[Si]O[Si]O[Si](C)(C)C. The van der Waals surface area contributed by atoms with Crippen LogP contribution in [0.1, 0.15) is 0 Å². The van der Waals surface area contributed by atoms with Crippen LogP contribution in [0.4, 0.5) is 0 Å². The minimum Gasteiger partial charge on any atom is -0.435 e. The van der Waals surface area contributed by atoms with Gasteiger partial charge in [-0.3, -0.25) is 0 Å². The smallest absolute Gasteiger partial charge is 0.411 e. The number of hydrogen-bond donors (Lipinski definition) is 0. The topological polar surface area (TPSA) is 27.7 Å². The molecule has 0 aliphatic rings. The standard InChI is InChI=1S/C4H12O3Si4/c1-8-5-9-6-10-7-11(2,3)4/h1-4H3. The largest absolute Gasteiger partial charge is 0.435 e. The van der Waals surface area contributed by atoms with Crippen LogP contribution < -0.4 is 0 Å². The Kier molecular flexibility index (Phi) is 6.71. The van der Waals surface area contributed by atoms with E-state index in [1.807, 2.05) is 6.55 Å². The van der Waals surface area contributed by atoms with E-state index >= 15 is 0 Å². The van der Waals surface area contributed by atoms with E-state index < -0.39 is 8.32 Å². The third kappa shape index (κ3) is 10.7. The summed E-state index contributed by atoms with van der Waals surface area (Å²) in [6.07, 6.45) is 0. The molecule has 0 N–H and O–H groups in total. The quantitative estimate of drug-likeness (QED) is 0.485. The van der Waals surface area contributed by atoms with E-state index in [4.69, 9.17) is 12.3 Å². The van der Waals surface area contributed by atoms with Gasteiger partial charge in [0.15, 0.2) is 8.32 Å². The van der Waals surface area contributed by atoms with Gasteiger partial charge < -0.3 is 12.3 Å². The molecule has 0 fully saturated rings. The first-order valence-corrected chi connectivity index (χ1v) is 9.67. The van der Waals surface area contributed by atoms with Crippen LogP contribution in [0.5, 0.6) is 0 Å². The van der Waals surface area contributed by atoms with E-state index in [9.17, 15) is 0 Å². The summed E-state index contributed by atoms with van der Waals surface area (Å²) in [4.78, 5) is 0. The van der Waals surface area contributed by atoms with Gasteiger partial charge in [0.05, 0.1) is 0 Å². The summed E-state index contributed by atoms with van der Waals surface area (Å²) < 4.78 is 15.6. The van der Waals surface area contributed by atoms with Crippen molar-refractivity contribution in [3.8, 4) is 0 Å². The molecule has 0 rings (SSSR count). The maximum atomic E-state index is 5.45. The molecule has 0 unspecified atom stereocenters. The molecule has 0 saturated carbocycles. The molecule has 62 valence electrons. The van der Waals surface area contributed by atoms with Gasteiger partial charge >= 0.3 is 20.0 Å². The minimum absolute atomic E-state index is 0.140. The summed E-state index contributed by atoms with van der Waals surface area (Å²) in [6.45, 7) is 8.37. The normalized spacial score (nSPS) is 12.0. The zero-order valence-corrected chi connectivity index (χ0v) is 11.2. The number of rotatable bonds is 6. The molecule has 0 atom stereocenters. The Balaban J connectivity index is 3.02. The Morgan fingerprint density at radius 3 is 2.09 bits per heavy atom. The average Bonchev–Trinajstić information content (AvgIpc) is 1.85. The minimum atomic E-state index is -1.38. The van der Waals surface area contributed by atoms with Crippen LogP contribution in [0.25, 0.3) is 0 Å². The Bertz CT molecular complexity index is 93.8. The van der Waals surface area contributed by atoms with E-state index in [0.29, 0.717) is 9.76 Å². The number of hydrogen-bond acceptors (Lipinski definition) is 3. The molecule has 0 amide bonds. The average molecular weight is 220 g/mol. The summed E-state index contributed by atoms with van der Waals surface area (Å²) in [6, 6.07) is 0. The van der Waals surface area contributed by atoms with E-state index in [-0.39, 0.29) is 20.0 Å². The van der Waals surface area contributed by atoms with Gasteiger partial charge in [-0.05, 0) is 26.2 Å². The molecule has 7 heteroatoms. The van der Waals surface area contributed by atoms with Crippen molar-refractivity contribution in [3.05, 3.63) is 0 Å². The van der Waals surface area contributed by atoms with Gasteiger partial charge in [-0.2, -0.15) is 0 Å². The van der Waals surface area contributed by atoms with Crippen LogP contribution >= 0.6 is 0 Å². The fraction of sp³-hybridized carbons (Fsp3) is 1.00. The van der Waals surface area contributed by atoms with Crippen molar-refractivity contribution in [2.75, 3.05) is 0 Å². The molecule has 0 spiro atoms. The third-order valence-electron chi connectivity index (χ3n) is 0.575. The van der Waals surface area contributed by atoms with Crippen LogP contribution in [0.2, 0.25) is 26.2 Å². The van der Waals surface area contributed by atoms with Crippen LogP contribution in [-0.4, -0.2) is 38.1 Å². The Morgan fingerprint density at radius 1 is 1.00 bits per heavy atom. The zero-order valence-electron chi connectivity index (χ0n) is 7.22. The van der Waals surface area contributed by atoms with Crippen LogP contribution in [0.15, 0.2) is 0 Å². The highest BCUT2D eigenvalue weighted by atomic mass is 28.4. The first-order valence-electron chi connectivity index (χ1n) is 3.22. The summed E-state index contributed by atoms with van der Waals surface area (Å²) in [5.74, 6) is 0. The molecule has 3 nitrogen and oxygen atoms in total. The van der Waals surface area contributed by atoms with Gasteiger partial charge in [0.1, 0.15) is 0 Å². The van der Waals surface area contributed by atoms with Crippen molar-refractivity contribution >= 4 is 38.1 Å². The zero-order chi connectivity index (χ0) is 8.74. The lowest BCUT2D eigenvalue weighted by atomic mass is 11.8. The fourth-order valence-electron chi connectivity index (χ4n) is 0.225. The lowest BCUT2D eigenvalue weighted by Gasteiger charge is -2.15. The van der Waals surface area contributed by atoms with E-state index in [0.717, 1.165) is 0 Å². The highest BCUT2D eigenvalue weighted by Gasteiger charge is 2.14. The van der Waals surface area contributed by atoms with E-state index in [1.54, 1.807) is 0 Å². The predicted octanol–water partition coefficient (Wildman–Crippen LogP) is 0.607. The highest BCUT2D eigenvalue weighted by molar-refractivity contribution is 6.73. The van der Waals surface area contributed by atoms with Crippen molar-refractivity contribution in [2.45, 2.75) is 26.2 Å².